The lowest BCUT2D eigenvalue weighted by Gasteiger charge is -2.25. The zero-order chi connectivity index (χ0) is 15.4. The maximum Gasteiger partial charge on any atom is 0.332 e. The normalized spacial score (nSPS) is 15.0. The molecule has 6 heteroatoms. The summed E-state index contributed by atoms with van der Waals surface area (Å²) >= 11 is 0. The van der Waals surface area contributed by atoms with Gasteiger partial charge in [0.1, 0.15) is 11.5 Å². The third kappa shape index (κ3) is 3.31. The summed E-state index contributed by atoms with van der Waals surface area (Å²) in [5.74, 6) is 1.04. The van der Waals surface area contributed by atoms with E-state index >= 15 is 0 Å². The molecule has 1 aliphatic rings. The lowest BCUT2D eigenvalue weighted by molar-refractivity contribution is 0.303. The van der Waals surface area contributed by atoms with Crippen molar-refractivity contribution < 1.29 is 0 Å². The minimum atomic E-state index is -0.338. The molecule has 6 nitrogen and oxygen atoms in total. The fourth-order valence-corrected chi connectivity index (χ4v) is 2.66. The van der Waals surface area contributed by atoms with Gasteiger partial charge in [-0.1, -0.05) is 32.6 Å². The van der Waals surface area contributed by atoms with E-state index in [0.717, 1.165) is 36.3 Å². The second-order valence-electron chi connectivity index (χ2n) is 5.92. The number of hydrogen-bond donors (Lipinski definition) is 2. The van der Waals surface area contributed by atoms with Crippen LogP contribution in [-0.2, 0) is 13.6 Å². The molecule has 0 spiro atoms. The van der Waals surface area contributed by atoms with Crippen molar-refractivity contribution in [1.82, 2.24) is 9.13 Å². The Morgan fingerprint density at radius 2 is 2.05 bits per heavy atom. The van der Waals surface area contributed by atoms with Crippen molar-refractivity contribution >= 4 is 11.5 Å². The molecule has 0 aromatic carbocycles. The van der Waals surface area contributed by atoms with Gasteiger partial charge in [0, 0.05) is 20.1 Å². The fraction of sp³-hybridized carbons (Fsp3) is 0.733. The van der Waals surface area contributed by atoms with Crippen LogP contribution in [0.2, 0.25) is 0 Å². The summed E-state index contributed by atoms with van der Waals surface area (Å²) in [6.07, 6.45) is 6.77. The molecule has 1 aliphatic carbocycles. The summed E-state index contributed by atoms with van der Waals surface area (Å²) < 4.78 is 2.63. The SMILES string of the molecule is CCCCn1c(N)c(NCCC2CCC2)c(=O)n(C)c1=O. The molecule has 3 N–H and O–H groups in total. The first-order valence-corrected chi connectivity index (χ1v) is 7.89. The second kappa shape index (κ2) is 6.83. The molecule has 0 radical (unpaired) electrons. The Hall–Kier alpha value is -1.72. The molecule has 0 bridgehead atoms. The molecule has 1 saturated carbocycles. The van der Waals surface area contributed by atoms with E-state index in [4.69, 9.17) is 5.73 Å². The van der Waals surface area contributed by atoms with E-state index in [1.54, 1.807) is 0 Å². The van der Waals surface area contributed by atoms with E-state index in [9.17, 15) is 9.59 Å². The summed E-state index contributed by atoms with van der Waals surface area (Å²) in [5, 5.41) is 3.15. The lowest BCUT2D eigenvalue weighted by Crippen LogP contribution is -2.41. The lowest BCUT2D eigenvalue weighted by atomic mass is 9.83. The molecule has 1 aromatic heterocycles. The summed E-state index contributed by atoms with van der Waals surface area (Å²) in [5.41, 5.74) is 5.74. The Bertz CT molecular complexity index is 599. The highest BCUT2D eigenvalue weighted by molar-refractivity contribution is 5.60. The maximum absolute atomic E-state index is 12.2. The first kappa shape index (κ1) is 15.7. The minimum absolute atomic E-state index is 0.269. The molecule has 1 aromatic rings. The smallest absolute Gasteiger partial charge is 0.332 e. The van der Waals surface area contributed by atoms with E-state index < -0.39 is 0 Å². The van der Waals surface area contributed by atoms with Crippen LogP contribution in [0.5, 0.6) is 0 Å². The summed E-state index contributed by atoms with van der Waals surface area (Å²) in [7, 11) is 1.50. The van der Waals surface area contributed by atoms with Crippen LogP contribution in [0, 0.1) is 5.92 Å². The Morgan fingerprint density at radius 3 is 2.62 bits per heavy atom. The Kier molecular flexibility index (Phi) is 5.09. The molecule has 0 unspecified atom stereocenters. The highest BCUT2D eigenvalue weighted by atomic mass is 16.2. The first-order chi connectivity index (χ1) is 10.1. The molecular formula is C15H26N4O2. The van der Waals surface area contributed by atoms with E-state index in [2.05, 4.69) is 12.2 Å². The van der Waals surface area contributed by atoms with Crippen LogP contribution in [0.3, 0.4) is 0 Å². The number of nitrogen functional groups attached to an aromatic ring is 1. The van der Waals surface area contributed by atoms with E-state index in [1.807, 2.05) is 0 Å². The van der Waals surface area contributed by atoms with Gasteiger partial charge in [0.2, 0.25) is 0 Å². The van der Waals surface area contributed by atoms with Gasteiger partial charge in [0.25, 0.3) is 5.56 Å². The number of nitrogens with zero attached hydrogens (tertiary/aromatic N) is 2. The quantitative estimate of drug-likeness (QED) is 0.799. The minimum Gasteiger partial charge on any atom is -0.383 e. The van der Waals surface area contributed by atoms with Crippen molar-refractivity contribution in [2.24, 2.45) is 13.0 Å². The molecule has 2 rings (SSSR count). The second-order valence-corrected chi connectivity index (χ2v) is 5.92. The van der Waals surface area contributed by atoms with E-state index in [1.165, 1.54) is 30.9 Å². The first-order valence-electron chi connectivity index (χ1n) is 7.89. The van der Waals surface area contributed by atoms with Crippen LogP contribution in [0.4, 0.5) is 11.5 Å². The van der Waals surface area contributed by atoms with Gasteiger partial charge in [-0.3, -0.25) is 13.9 Å². The van der Waals surface area contributed by atoms with Crippen molar-refractivity contribution in [3.63, 3.8) is 0 Å². The van der Waals surface area contributed by atoms with E-state index in [0.29, 0.717) is 12.2 Å². The van der Waals surface area contributed by atoms with Crippen LogP contribution >= 0.6 is 0 Å². The van der Waals surface area contributed by atoms with Gasteiger partial charge in [-0.15, -0.1) is 0 Å². The zero-order valence-corrected chi connectivity index (χ0v) is 13.0. The zero-order valence-electron chi connectivity index (χ0n) is 13.0. The number of anilines is 2. The number of aromatic nitrogens is 2. The van der Waals surface area contributed by atoms with Crippen molar-refractivity contribution in [2.45, 2.75) is 52.0 Å². The average Bonchev–Trinajstić information content (AvgIpc) is 2.42. The number of hydrogen-bond acceptors (Lipinski definition) is 4. The average molecular weight is 294 g/mol. The van der Waals surface area contributed by atoms with Crippen LogP contribution < -0.4 is 22.3 Å². The standard InChI is InChI=1S/C15H26N4O2/c1-3-4-10-19-13(16)12(14(20)18(2)15(19)21)17-9-8-11-6-5-7-11/h11,17H,3-10,16H2,1-2H3. The summed E-state index contributed by atoms with van der Waals surface area (Å²) in [6, 6.07) is 0. The number of rotatable bonds is 7. The van der Waals surface area contributed by atoms with Gasteiger partial charge in [-0.05, 0) is 18.8 Å². The van der Waals surface area contributed by atoms with Gasteiger partial charge >= 0.3 is 5.69 Å². The predicted molar refractivity (Wildman–Crippen MR) is 85.7 cm³/mol. The highest BCUT2D eigenvalue weighted by Gasteiger charge is 2.18. The summed E-state index contributed by atoms with van der Waals surface area (Å²) in [6.45, 7) is 3.34. The molecule has 0 atom stereocenters. The molecule has 0 saturated heterocycles. The number of nitrogens with two attached hydrogens (primary N) is 1. The van der Waals surface area contributed by atoms with Crippen molar-refractivity contribution in [1.29, 1.82) is 0 Å². The Morgan fingerprint density at radius 1 is 1.33 bits per heavy atom. The molecule has 1 fully saturated rings. The number of unbranched alkanes of at least 4 members (excludes halogenated alkanes) is 1. The predicted octanol–water partition coefficient (Wildman–Crippen LogP) is 1.53. The van der Waals surface area contributed by atoms with Gasteiger partial charge in [-0.25, -0.2) is 4.79 Å². The van der Waals surface area contributed by atoms with Crippen LogP contribution in [-0.4, -0.2) is 15.7 Å². The topological polar surface area (TPSA) is 82.0 Å². The largest absolute Gasteiger partial charge is 0.383 e. The van der Waals surface area contributed by atoms with Crippen molar-refractivity contribution in [3.8, 4) is 0 Å². The third-order valence-electron chi connectivity index (χ3n) is 4.40. The molecule has 1 heterocycles. The van der Waals surface area contributed by atoms with Crippen LogP contribution in [0.15, 0.2) is 9.59 Å². The van der Waals surface area contributed by atoms with Gasteiger partial charge in [0.15, 0.2) is 0 Å². The third-order valence-corrected chi connectivity index (χ3v) is 4.40. The maximum atomic E-state index is 12.2. The Balaban J connectivity index is 2.19. The van der Waals surface area contributed by atoms with Gasteiger partial charge < -0.3 is 11.1 Å². The fourth-order valence-electron chi connectivity index (χ4n) is 2.66. The van der Waals surface area contributed by atoms with Crippen LogP contribution in [0.1, 0.15) is 45.4 Å². The van der Waals surface area contributed by atoms with E-state index in [-0.39, 0.29) is 17.1 Å². The summed E-state index contributed by atoms with van der Waals surface area (Å²) in [4.78, 5) is 24.3. The molecule has 0 aliphatic heterocycles. The Labute approximate surface area is 125 Å². The molecule has 0 amide bonds. The monoisotopic (exact) mass is 294 g/mol. The van der Waals surface area contributed by atoms with Crippen molar-refractivity contribution in [2.75, 3.05) is 17.6 Å². The van der Waals surface area contributed by atoms with Crippen molar-refractivity contribution in [3.05, 3.63) is 20.8 Å². The molecule has 21 heavy (non-hydrogen) atoms. The highest BCUT2D eigenvalue weighted by Crippen LogP contribution is 2.29. The van der Waals surface area contributed by atoms with Gasteiger partial charge in [0.05, 0.1) is 0 Å². The van der Waals surface area contributed by atoms with Crippen LogP contribution in [0.25, 0.3) is 0 Å². The van der Waals surface area contributed by atoms with Gasteiger partial charge in [-0.2, -0.15) is 0 Å². The molecular weight excluding hydrogens is 268 g/mol. The number of nitrogens with one attached hydrogen (secondary N) is 1. The molecule has 118 valence electrons.